The molecule has 0 radical (unpaired) electrons. The molecule has 0 fully saturated rings. The van der Waals surface area contributed by atoms with Crippen molar-refractivity contribution in [1.29, 1.82) is 5.26 Å². The molecule has 3 N–H and O–H groups in total. The molecule has 0 bridgehead atoms. The molecule has 0 atom stereocenters. The van der Waals surface area contributed by atoms with Gasteiger partial charge in [-0.2, -0.15) is 5.26 Å². The number of alkyl halides is 2. The number of H-pyrrole nitrogens is 1. The Kier molecular flexibility index (Phi) is 4.52. The van der Waals surface area contributed by atoms with Crippen molar-refractivity contribution >= 4 is 34.4 Å². The van der Waals surface area contributed by atoms with E-state index in [0.29, 0.717) is 12.1 Å². The van der Waals surface area contributed by atoms with Gasteiger partial charge in [0.2, 0.25) is 0 Å². The number of benzene rings is 2. The van der Waals surface area contributed by atoms with Crippen molar-refractivity contribution in [3.8, 4) is 17.6 Å². The van der Waals surface area contributed by atoms with E-state index < -0.39 is 12.3 Å². The van der Waals surface area contributed by atoms with E-state index in [1.54, 1.807) is 12.3 Å². The Morgan fingerprint density at radius 3 is 2.83 bits per heavy atom. The van der Waals surface area contributed by atoms with Crippen molar-refractivity contribution in [2.24, 2.45) is 0 Å². The first-order valence-corrected chi connectivity index (χ1v) is 8.56. The number of amides is 2. The van der Waals surface area contributed by atoms with E-state index in [-0.39, 0.29) is 17.2 Å². The lowest BCUT2D eigenvalue weighted by Crippen LogP contribution is -2.25. The number of carbonyl (C=O) groups excluding carboxylic acids is 1. The molecule has 3 aromatic rings. The summed E-state index contributed by atoms with van der Waals surface area (Å²) < 4.78 is 34.9. The number of hydrogen-bond donors (Lipinski definition) is 3. The van der Waals surface area contributed by atoms with Crippen LogP contribution in [0.15, 0.2) is 48.7 Å². The molecule has 0 spiro atoms. The number of anilines is 2. The van der Waals surface area contributed by atoms with Crippen LogP contribution in [0.2, 0.25) is 0 Å². The third-order valence-corrected chi connectivity index (χ3v) is 4.13. The Morgan fingerprint density at radius 1 is 1.17 bits per heavy atom. The summed E-state index contributed by atoms with van der Waals surface area (Å²) in [7, 11) is 0. The fourth-order valence-electron chi connectivity index (χ4n) is 2.90. The molecule has 29 heavy (non-hydrogen) atoms. The molecule has 0 saturated heterocycles. The van der Waals surface area contributed by atoms with E-state index in [1.807, 2.05) is 30.3 Å². The zero-order chi connectivity index (χ0) is 20.4. The van der Waals surface area contributed by atoms with Gasteiger partial charge in [-0.05, 0) is 29.8 Å². The lowest BCUT2D eigenvalue weighted by atomic mass is 10.1. The maximum absolute atomic E-state index is 13.1. The van der Waals surface area contributed by atoms with Crippen LogP contribution >= 0.6 is 0 Å². The molecule has 4 rings (SSSR count). The highest BCUT2D eigenvalue weighted by Gasteiger charge is 2.43. The van der Waals surface area contributed by atoms with Gasteiger partial charge in [-0.3, -0.25) is 0 Å². The summed E-state index contributed by atoms with van der Waals surface area (Å²) in [4.78, 5) is 15.4. The minimum absolute atomic E-state index is 0.102. The quantitative estimate of drug-likeness (QED) is 0.574. The average molecular weight is 396 g/mol. The van der Waals surface area contributed by atoms with Crippen LogP contribution < -0.4 is 20.1 Å². The van der Waals surface area contributed by atoms with Gasteiger partial charge in [0.25, 0.3) is 0 Å². The monoisotopic (exact) mass is 396 g/mol. The minimum atomic E-state index is -3.72. The van der Waals surface area contributed by atoms with Gasteiger partial charge in [-0.15, -0.1) is 8.78 Å². The van der Waals surface area contributed by atoms with Crippen LogP contribution in [0.5, 0.6) is 11.5 Å². The Bertz CT molecular complexity index is 1160. The molecule has 9 heteroatoms. The van der Waals surface area contributed by atoms with Crippen LogP contribution in [0.1, 0.15) is 12.0 Å². The van der Waals surface area contributed by atoms with Gasteiger partial charge in [-0.1, -0.05) is 18.2 Å². The second-order valence-corrected chi connectivity index (χ2v) is 6.18. The SMILES string of the molecule is N#CC/C=C/c1ccc2[nH]cc(NC(=O)Nc3ccc4c(c3)OC(F)(F)O4)c2c1. The zero-order valence-corrected chi connectivity index (χ0v) is 14.8. The topological polar surface area (TPSA) is 99.2 Å². The van der Waals surface area contributed by atoms with Gasteiger partial charge < -0.3 is 25.1 Å². The summed E-state index contributed by atoms with van der Waals surface area (Å²) in [6, 6.07) is 11.1. The molecule has 2 heterocycles. The first kappa shape index (κ1) is 18.3. The number of halogens is 2. The molecule has 7 nitrogen and oxygen atoms in total. The van der Waals surface area contributed by atoms with E-state index in [2.05, 4.69) is 25.1 Å². The van der Waals surface area contributed by atoms with E-state index in [9.17, 15) is 13.6 Å². The second kappa shape index (κ2) is 7.16. The molecule has 2 aromatic carbocycles. The summed E-state index contributed by atoms with van der Waals surface area (Å²) >= 11 is 0. The molecule has 0 saturated carbocycles. The van der Waals surface area contributed by atoms with Gasteiger partial charge >= 0.3 is 12.3 Å². The number of urea groups is 1. The number of rotatable bonds is 4. The summed E-state index contributed by atoms with van der Waals surface area (Å²) in [5.74, 6) is -0.261. The van der Waals surface area contributed by atoms with Gasteiger partial charge in [0.1, 0.15) is 0 Å². The Hall–Kier alpha value is -4.06. The second-order valence-electron chi connectivity index (χ2n) is 6.18. The molecular formula is C20H14F2N4O3. The lowest BCUT2D eigenvalue weighted by molar-refractivity contribution is -0.286. The molecule has 1 aromatic heterocycles. The smallest absolute Gasteiger partial charge is 0.395 e. The number of nitriles is 1. The highest BCUT2D eigenvalue weighted by Crippen LogP contribution is 2.42. The summed E-state index contributed by atoms with van der Waals surface area (Å²) in [5.41, 5.74) is 2.51. The summed E-state index contributed by atoms with van der Waals surface area (Å²) in [5, 5.41) is 14.7. The van der Waals surface area contributed by atoms with Crippen molar-refractivity contribution in [3.63, 3.8) is 0 Å². The molecule has 1 aliphatic rings. The van der Waals surface area contributed by atoms with Crippen molar-refractivity contribution in [2.45, 2.75) is 12.7 Å². The summed E-state index contributed by atoms with van der Waals surface area (Å²) in [6.07, 6.45) is 1.80. The Labute approximate surface area is 163 Å². The van der Waals surface area contributed by atoms with Crippen molar-refractivity contribution in [1.82, 2.24) is 4.98 Å². The lowest BCUT2D eigenvalue weighted by Gasteiger charge is -2.07. The number of allylic oxidation sites excluding steroid dienone is 1. The standard InChI is InChI=1S/C20H14F2N4O3/c21-20(22)28-17-7-5-13(10-18(17)29-20)25-19(27)26-16-11-24-15-6-4-12(9-14(15)16)3-1-2-8-23/h1,3-7,9-11,24H,2H2,(H2,25,26,27)/b3-1+. The number of carbonyl (C=O) groups is 1. The molecule has 2 amide bonds. The number of aromatic amines is 1. The third kappa shape index (κ3) is 3.96. The number of fused-ring (bicyclic) bond motifs is 2. The number of nitrogens with zero attached hydrogens (tertiary/aromatic N) is 1. The van der Waals surface area contributed by atoms with Crippen molar-refractivity contribution < 1.29 is 23.0 Å². The summed E-state index contributed by atoms with van der Waals surface area (Å²) in [6.45, 7) is 0. The highest BCUT2D eigenvalue weighted by atomic mass is 19.3. The third-order valence-electron chi connectivity index (χ3n) is 4.13. The van der Waals surface area contributed by atoms with Gasteiger partial charge in [-0.25, -0.2) is 4.79 Å². The van der Waals surface area contributed by atoms with Gasteiger partial charge in [0, 0.05) is 28.9 Å². The highest BCUT2D eigenvalue weighted by molar-refractivity contribution is 6.06. The number of aromatic nitrogens is 1. The largest absolute Gasteiger partial charge is 0.586 e. The molecule has 0 unspecified atom stereocenters. The predicted octanol–water partition coefficient (Wildman–Crippen LogP) is 5.06. The van der Waals surface area contributed by atoms with Gasteiger partial charge in [0.05, 0.1) is 18.2 Å². The van der Waals surface area contributed by atoms with Crippen LogP contribution in [0, 0.1) is 11.3 Å². The zero-order valence-electron chi connectivity index (χ0n) is 14.8. The fraction of sp³-hybridized carbons (Fsp3) is 0.100. The fourth-order valence-corrected chi connectivity index (χ4v) is 2.90. The van der Waals surface area contributed by atoms with Crippen molar-refractivity contribution in [2.75, 3.05) is 10.6 Å². The van der Waals surface area contributed by atoms with Crippen molar-refractivity contribution in [3.05, 3.63) is 54.2 Å². The minimum Gasteiger partial charge on any atom is -0.395 e. The molecule has 1 aliphatic heterocycles. The normalized spacial score (nSPS) is 14.1. The molecule has 0 aliphatic carbocycles. The molecule has 146 valence electrons. The van der Waals surface area contributed by atoms with Crippen LogP contribution in [0.4, 0.5) is 25.0 Å². The first-order valence-electron chi connectivity index (χ1n) is 8.56. The maximum atomic E-state index is 13.1. The van der Waals surface area contributed by atoms with Crippen LogP contribution in [-0.4, -0.2) is 17.3 Å². The van der Waals surface area contributed by atoms with E-state index >= 15 is 0 Å². The Balaban J connectivity index is 1.48. The Morgan fingerprint density at radius 2 is 2.00 bits per heavy atom. The first-order chi connectivity index (χ1) is 13.9. The van der Waals surface area contributed by atoms with E-state index in [4.69, 9.17) is 5.26 Å². The van der Waals surface area contributed by atoms with Crippen LogP contribution in [0.3, 0.4) is 0 Å². The van der Waals surface area contributed by atoms with Crippen LogP contribution in [-0.2, 0) is 0 Å². The molecular weight excluding hydrogens is 382 g/mol. The maximum Gasteiger partial charge on any atom is 0.586 e. The van der Waals surface area contributed by atoms with E-state index in [1.165, 1.54) is 18.2 Å². The predicted molar refractivity (Wildman–Crippen MR) is 103 cm³/mol. The number of nitrogens with one attached hydrogen (secondary N) is 3. The average Bonchev–Trinajstić information content (AvgIpc) is 3.20. The van der Waals surface area contributed by atoms with E-state index in [0.717, 1.165) is 16.5 Å². The number of hydrogen-bond acceptors (Lipinski definition) is 4. The van der Waals surface area contributed by atoms with Crippen LogP contribution in [0.25, 0.3) is 17.0 Å². The number of ether oxygens (including phenoxy) is 2. The van der Waals surface area contributed by atoms with Gasteiger partial charge in [0.15, 0.2) is 11.5 Å².